The molecule has 0 amide bonds. The fourth-order valence-electron chi connectivity index (χ4n) is 1.76. The normalized spacial score (nSPS) is 56.2. The van der Waals surface area contributed by atoms with E-state index in [2.05, 4.69) is 5.92 Å². The summed E-state index contributed by atoms with van der Waals surface area (Å²) in [5, 5.41) is 18.0. The van der Waals surface area contributed by atoms with Crippen LogP contribution in [0, 0.1) is 12.3 Å². The topological polar surface area (TPSA) is 49.7 Å². The van der Waals surface area contributed by atoms with E-state index in [9.17, 15) is 9.50 Å². The molecular formula is C8H9FO3. The molecule has 1 heterocycles. The first kappa shape index (κ1) is 7.99. The van der Waals surface area contributed by atoms with Crippen LogP contribution < -0.4 is 0 Å². The lowest BCUT2D eigenvalue weighted by Crippen LogP contribution is -2.34. The van der Waals surface area contributed by atoms with Crippen LogP contribution in [0.25, 0.3) is 0 Å². The zero-order valence-electron chi connectivity index (χ0n) is 6.33. The minimum absolute atomic E-state index is 0.0359. The van der Waals surface area contributed by atoms with Gasteiger partial charge in [-0.2, -0.15) is 0 Å². The van der Waals surface area contributed by atoms with Crippen molar-refractivity contribution in [3.8, 4) is 12.3 Å². The Morgan fingerprint density at radius 2 is 2.42 bits per heavy atom. The number of halogens is 1. The van der Waals surface area contributed by atoms with Crippen LogP contribution in [0.4, 0.5) is 4.39 Å². The highest BCUT2D eigenvalue weighted by Gasteiger charge is 2.80. The molecule has 0 aromatic rings. The van der Waals surface area contributed by atoms with Gasteiger partial charge in [0, 0.05) is 6.42 Å². The van der Waals surface area contributed by atoms with E-state index in [1.165, 1.54) is 0 Å². The van der Waals surface area contributed by atoms with E-state index in [1.807, 2.05) is 0 Å². The Labute approximate surface area is 69.1 Å². The molecule has 66 valence electrons. The van der Waals surface area contributed by atoms with Crippen LogP contribution in [0.15, 0.2) is 0 Å². The Balaban J connectivity index is 2.25. The summed E-state index contributed by atoms with van der Waals surface area (Å²) in [6.07, 6.45) is 2.93. The molecule has 2 rings (SSSR count). The van der Waals surface area contributed by atoms with Crippen LogP contribution in [-0.4, -0.2) is 40.3 Å². The maximum absolute atomic E-state index is 13.5. The third-order valence-electron chi connectivity index (χ3n) is 2.64. The van der Waals surface area contributed by atoms with E-state index in [-0.39, 0.29) is 6.42 Å². The van der Waals surface area contributed by atoms with Gasteiger partial charge in [0.1, 0.15) is 12.2 Å². The number of aliphatic hydroxyl groups is 2. The summed E-state index contributed by atoms with van der Waals surface area (Å²) < 4.78 is 18.6. The van der Waals surface area contributed by atoms with E-state index in [4.69, 9.17) is 16.3 Å². The third kappa shape index (κ3) is 0.626. The van der Waals surface area contributed by atoms with Crippen LogP contribution in [0.3, 0.4) is 0 Å². The molecule has 0 bridgehead atoms. The quantitative estimate of drug-likeness (QED) is 0.510. The number of fused-ring (bicyclic) bond motifs is 1. The smallest absolute Gasteiger partial charge is 0.183 e. The summed E-state index contributed by atoms with van der Waals surface area (Å²) in [5.74, 6) is 2.18. The zero-order valence-corrected chi connectivity index (χ0v) is 6.33. The molecule has 2 fully saturated rings. The molecule has 0 spiro atoms. The summed E-state index contributed by atoms with van der Waals surface area (Å²) in [4.78, 5) is 0. The van der Waals surface area contributed by atoms with Gasteiger partial charge < -0.3 is 14.9 Å². The van der Waals surface area contributed by atoms with Crippen molar-refractivity contribution >= 4 is 0 Å². The lowest BCUT2D eigenvalue weighted by Gasteiger charge is -2.15. The number of terminal acetylenes is 1. The third-order valence-corrected chi connectivity index (χ3v) is 2.64. The Kier molecular flexibility index (Phi) is 1.33. The molecule has 3 nitrogen and oxygen atoms in total. The van der Waals surface area contributed by atoms with Gasteiger partial charge in [0.15, 0.2) is 11.3 Å². The van der Waals surface area contributed by atoms with Crippen molar-refractivity contribution in [2.24, 2.45) is 0 Å². The Bertz CT molecular complexity index is 262. The predicted molar refractivity (Wildman–Crippen MR) is 38.0 cm³/mol. The van der Waals surface area contributed by atoms with Gasteiger partial charge in [-0.15, -0.1) is 6.42 Å². The van der Waals surface area contributed by atoms with Gasteiger partial charge in [0.25, 0.3) is 0 Å². The van der Waals surface area contributed by atoms with Crippen LogP contribution >= 0.6 is 0 Å². The van der Waals surface area contributed by atoms with Crippen molar-refractivity contribution in [2.75, 3.05) is 6.61 Å². The molecule has 1 saturated heterocycles. The first-order valence-electron chi connectivity index (χ1n) is 3.73. The average Bonchev–Trinajstić information content (AvgIpc) is 2.62. The van der Waals surface area contributed by atoms with Gasteiger partial charge in [0.05, 0.1) is 6.61 Å². The van der Waals surface area contributed by atoms with E-state index >= 15 is 0 Å². The molecule has 1 aliphatic heterocycles. The number of alkyl halides is 1. The highest BCUT2D eigenvalue weighted by Crippen LogP contribution is 2.62. The van der Waals surface area contributed by atoms with E-state index in [1.54, 1.807) is 0 Å². The summed E-state index contributed by atoms with van der Waals surface area (Å²) >= 11 is 0. The van der Waals surface area contributed by atoms with Gasteiger partial charge in [-0.05, 0) is 0 Å². The minimum atomic E-state index is -1.82. The number of hydrogen-bond donors (Lipinski definition) is 2. The van der Waals surface area contributed by atoms with Gasteiger partial charge in [-0.1, -0.05) is 5.92 Å². The lowest BCUT2D eigenvalue weighted by molar-refractivity contribution is -0.0473. The van der Waals surface area contributed by atoms with Gasteiger partial charge in [0.2, 0.25) is 0 Å². The molecule has 12 heavy (non-hydrogen) atoms. The fourth-order valence-corrected chi connectivity index (χ4v) is 1.76. The van der Waals surface area contributed by atoms with Crippen LogP contribution in [-0.2, 0) is 4.74 Å². The monoisotopic (exact) mass is 172 g/mol. The summed E-state index contributed by atoms with van der Waals surface area (Å²) in [6.45, 7) is -0.406. The van der Waals surface area contributed by atoms with Crippen molar-refractivity contribution in [3.63, 3.8) is 0 Å². The summed E-state index contributed by atoms with van der Waals surface area (Å²) in [5.41, 5.74) is -3.09. The van der Waals surface area contributed by atoms with E-state index in [0.29, 0.717) is 0 Å². The van der Waals surface area contributed by atoms with E-state index < -0.39 is 30.1 Å². The van der Waals surface area contributed by atoms with Crippen molar-refractivity contribution in [1.29, 1.82) is 0 Å². The Hall–Kier alpha value is -0.630. The molecular weight excluding hydrogens is 163 g/mol. The molecule has 0 radical (unpaired) electrons. The molecule has 4 heteroatoms. The second-order valence-electron chi connectivity index (χ2n) is 3.29. The maximum Gasteiger partial charge on any atom is 0.183 e. The zero-order chi connectivity index (χ0) is 8.98. The highest BCUT2D eigenvalue weighted by atomic mass is 19.1. The first-order valence-corrected chi connectivity index (χ1v) is 3.73. The molecule has 1 aliphatic carbocycles. The summed E-state index contributed by atoms with van der Waals surface area (Å²) in [6, 6.07) is 0. The van der Waals surface area contributed by atoms with Crippen molar-refractivity contribution in [1.82, 2.24) is 0 Å². The second-order valence-corrected chi connectivity index (χ2v) is 3.29. The molecule has 4 atom stereocenters. The van der Waals surface area contributed by atoms with Gasteiger partial charge >= 0.3 is 0 Å². The standard InChI is InChI=1S/C8H9FO3/c1-2-7-4-8(7,9)6(11)5(3-10)12-7/h1,5-6,10-11H,3-4H2. The summed E-state index contributed by atoms with van der Waals surface area (Å²) in [7, 11) is 0. The molecule has 1 saturated carbocycles. The average molecular weight is 172 g/mol. The predicted octanol–water partition coefficient (Wildman–Crippen LogP) is -0.778. The van der Waals surface area contributed by atoms with Crippen molar-refractivity contribution < 1.29 is 19.3 Å². The van der Waals surface area contributed by atoms with Crippen LogP contribution in [0.2, 0.25) is 0 Å². The Morgan fingerprint density at radius 1 is 1.75 bits per heavy atom. The van der Waals surface area contributed by atoms with Crippen LogP contribution in [0.1, 0.15) is 6.42 Å². The largest absolute Gasteiger partial charge is 0.394 e. The molecule has 2 aliphatic rings. The number of rotatable bonds is 1. The molecule has 0 aromatic carbocycles. The van der Waals surface area contributed by atoms with Crippen molar-refractivity contribution in [3.05, 3.63) is 0 Å². The fraction of sp³-hybridized carbons (Fsp3) is 0.750. The number of aliphatic hydroxyl groups excluding tert-OH is 2. The minimum Gasteiger partial charge on any atom is -0.394 e. The highest BCUT2D eigenvalue weighted by molar-refractivity contribution is 5.39. The first-order chi connectivity index (χ1) is 5.59. The lowest BCUT2D eigenvalue weighted by atomic mass is 10.1. The van der Waals surface area contributed by atoms with Crippen LogP contribution in [0.5, 0.6) is 0 Å². The van der Waals surface area contributed by atoms with Crippen molar-refractivity contribution in [2.45, 2.75) is 29.9 Å². The molecule has 2 N–H and O–H groups in total. The molecule has 0 aromatic heterocycles. The number of hydrogen-bond acceptors (Lipinski definition) is 3. The molecule has 4 unspecified atom stereocenters. The van der Waals surface area contributed by atoms with Gasteiger partial charge in [-0.3, -0.25) is 0 Å². The van der Waals surface area contributed by atoms with E-state index in [0.717, 1.165) is 0 Å². The SMILES string of the molecule is C#CC12CC1(F)C(O)C(CO)O2. The maximum atomic E-state index is 13.5. The second kappa shape index (κ2) is 1.99. The Morgan fingerprint density at radius 3 is 2.75 bits per heavy atom. The van der Waals surface area contributed by atoms with Gasteiger partial charge in [-0.25, -0.2) is 4.39 Å². The number of ether oxygens (including phenoxy) is 1.